The molecular formula is C15H20N4O. The van der Waals surface area contributed by atoms with Crippen LogP contribution in [0.15, 0.2) is 36.4 Å². The second kappa shape index (κ2) is 6.34. The molecule has 0 aliphatic heterocycles. The molecule has 0 radical (unpaired) electrons. The summed E-state index contributed by atoms with van der Waals surface area (Å²) in [5, 5.41) is 4.22. The molecule has 2 aromatic rings. The van der Waals surface area contributed by atoms with Gasteiger partial charge in [0.1, 0.15) is 5.69 Å². The lowest BCUT2D eigenvalue weighted by Gasteiger charge is -2.22. The van der Waals surface area contributed by atoms with Crippen molar-refractivity contribution in [3.05, 3.63) is 53.3 Å². The molecule has 1 amide bonds. The smallest absolute Gasteiger partial charge is 0.272 e. The van der Waals surface area contributed by atoms with Gasteiger partial charge in [-0.1, -0.05) is 30.3 Å². The highest BCUT2D eigenvalue weighted by Crippen LogP contribution is 2.10. The Morgan fingerprint density at radius 3 is 2.60 bits per heavy atom. The number of amides is 1. The van der Waals surface area contributed by atoms with E-state index in [9.17, 15) is 4.79 Å². The first kappa shape index (κ1) is 14.3. The Bertz CT molecular complexity index is 577. The van der Waals surface area contributed by atoms with Crippen LogP contribution in [0.2, 0.25) is 0 Å². The molecule has 0 saturated heterocycles. The van der Waals surface area contributed by atoms with E-state index in [2.05, 4.69) is 5.10 Å². The van der Waals surface area contributed by atoms with Gasteiger partial charge in [0.2, 0.25) is 0 Å². The number of carbonyl (C=O) groups is 1. The summed E-state index contributed by atoms with van der Waals surface area (Å²) >= 11 is 0. The molecule has 0 spiro atoms. The number of rotatable bonds is 5. The molecule has 0 atom stereocenters. The Kier molecular flexibility index (Phi) is 4.53. The van der Waals surface area contributed by atoms with Crippen LogP contribution in [0.1, 0.15) is 21.7 Å². The maximum Gasteiger partial charge on any atom is 0.272 e. The molecule has 20 heavy (non-hydrogen) atoms. The lowest BCUT2D eigenvalue weighted by atomic mass is 10.2. The summed E-state index contributed by atoms with van der Waals surface area (Å²) in [5.74, 6) is -0.0394. The van der Waals surface area contributed by atoms with Crippen LogP contribution in [0.4, 0.5) is 0 Å². The molecule has 106 valence electrons. The van der Waals surface area contributed by atoms with E-state index in [4.69, 9.17) is 5.73 Å². The molecule has 2 N–H and O–H groups in total. The van der Waals surface area contributed by atoms with Gasteiger partial charge in [-0.05, 0) is 18.6 Å². The SMILES string of the molecule is Cc1cc(C(=O)N(CCN)Cc2ccccc2)n(C)n1. The van der Waals surface area contributed by atoms with Crippen LogP contribution in [0.25, 0.3) is 0 Å². The molecule has 2 rings (SSSR count). The monoisotopic (exact) mass is 272 g/mol. The van der Waals surface area contributed by atoms with Crippen LogP contribution < -0.4 is 5.73 Å². The van der Waals surface area contributed by atoms with E-state index in [0.29, 0.717) is 25.3 Å². The van der Waals surface area contributed by atoms with Crippen molar-refractivity contribution >= 4 is 5.91 Å². The van der Waals surface area contributed by atoms with Crippen LogP contribution in [-0.4, -0.2) is 33.7 Å². The predicted molar refractivity (Wildman–Crippen MR) is 78.2 cm³/mol. The van der Waals surface area contributed by atoms with Crippen LogP contribution in [-0.2, 0) is 13.6 Å². The lowest BCUT2D eigenvalue weighted by Crippen LogP contribution is -2.35. The van der Waals surface area contributed by atoms with Crippen molar-refractivity contribution in [2.75, 3.05) is 13.1 Å². The van der Waals surface area contributed by atoms with E-state index >= 15 is 0 Å². The third-order valence-corrected chi connectivity index (χ3v) is 3.12. The first-order chi connectivity index (χ1) is 9.61. The molecule has 1 heterocycles. The highest BCUT2D eigenvalue weighted by atomic mass is 16.2. The summed E-state index contributed by atoms with van der Waals surface area (Å²) < 4.78 is 1.62. The molecule has 5 heteroatoms. The van der Waals surface area contributed by atoms with Gasteiger partial charge in [0, 0.05) is 26.7 Å². The third-order valence-electron chi connectivity index (χ3n) is 3.12. The number of hydrogen-bond donors (Lipinski definition) is 1. The molecular weight excluding hydrogens is 252 g/mol. The lowest BCUT2D eigenvalue weighted by molar-refractivity contribution is 0.0737. The average molecular weight is 272 g/mol. The number of carbonyl (C=O) groups excluding carboxylic acids is 1. The zero-order valence-corrected chi connectivity index (χ0v) is 11.9. The fourth-order valence-corrected chi connectivity index (χ4v) is 2.18. The summed E-state index contributed by atoms with van der Waals surface area (Å²) in [6.07, 6.45) is 0. The van der Waals surface area contributed by atoms with Gasteiger partial charge in [-0.25, -0.2) is 0 Å². The van der Waals surface area contributed by atoms with Crippen molar-refractivity contribution in [1.29, 1.82) is 0 Å². The maximum absolute atomic E-state index is 12.6. The molecule has 0 aliphatic carbocycles. The first-order valence-corrected chi connectivity index (χ1v) is 6.65. The Morgan fingerprint density at radius 1 is 1.35 bits per heavy atom. The third kappa shape index (κ3) is 3.24. The average Bonchev–Trinajstić information content (AvgIpc) is 2.77. The summed E-state index contributed by atoms with van der Waals surface area (Å²) in [6, 6.07) is 11.7. The Hall–Kier alpha value is -2.14. The van der Waals surface area contributed by atoms with Gasteiger partial charge in [-0.2, -0.15) is 5.10 Å². The standard InChI is InChI=1S/C15H20N4O/c1-12-10-14(18(2)17-12)15(20)19(9-8-16)11-13-6-4-3-5-7-13/h3-7,10H,8-9,11,16H2,1-2H3. The molecule has 5 nitrogen and oxygen atoms in total. The van der Waals surface area contributed by atoms with Crippen molar-refractivity contribution in [3.8, 4) is 0 Å². The molecule has 1 aromatic heterocycles. The summed E-state index contributed by atoms with van der Waals surface area (Å²) in [5.41, 5.74) is 8.14. The van der Waals surface area contributed by atoms with Crippen molar-refractivity contribution in [1.82, 2.24) is 14.7 Å². The normalized spacial score (nSPS) is 10.6. The molecule has 0 fully saturated rings. The van der Waals surface area contributed by atoms with E-state index in [-0.39, 0.29) is 5.91 Å². The molecule has 0 saturated carbocycles. The van der Waals surface area contributed by atoms with Crippen molar-refractivity contribution in [2.24, 2.45) is 12.8 Å². The van der Waals surface area contributed by atoms with Gasteiger partial charge >= 0.3 is 0 Å². The fraction of sp³-hybridized carbons (Fsp3) is 0.333. The minimum Gasteiger partial charge on any atom is -0.332 e. The fourth-order valence-electron chi connectivity index (χ4n) is 2.18. The van der Waals surface area contributed by atoms with Gasteiger partial charge < -0.3 is 10.6 Å². The van der Waals surface area contributed by atoms with E-state index < -0.39 is 0 Å². The second-order valence-electron chi connectivity index (χ2n) is 4.80. The molecule has 1 aromatic carbocycles. The van der Waals surface area contributed by atoms with Crippen LogP contribution in [0.5, 0.6) is 0 Å². The van der Waals surface area contributed by atoms with E-state index in [1.807, 2.05) is 37.3 Å². The second-order valence-corrected chi connectivity index (χ2v) is 4.80. The number of benzene rings is 1. The minimum absolute atomic E-state index is 0.0394. The Labute approximate surface area is 119 Å². The van der Waals surface area contributed by atoms with Gasteiger partial charge in [0.25, 0.3) is 5.91 Å². The Morgan fingerprint density at radius 2 is 2.05 bits per heavy atom. The number of nitrogens with zero attached hydrogens (tertiary/aromatic N) is 3. The summed E-state index contributed by atoms with van der Waals surface area (Å²) in [4.78, 5) is 14.3. The molecule has 0 unspecified atom stereocenters. The van der Waals surface area contributed by atoms with E-state index in [1.165, 1.54) is 0 Å². The largest absolute Gasteiger partial charge is 0.332 e. The van der Waals surface area contributed by atoms with Gasteiger partial charge in [-0.3, -0.25) is 9.48 Å². The van der Waals surface area contributed by atoms with E-state index in [1.54, 1.807) is 22.7 Å². The zero-order valence-electron chi connectivity index (χ0n) is 11.9. The van der Waals surface area contributed by atoms with Gasteiger partial charge in [-0.15, -0.1) is 0 Å². The number of aromatic nitrogens is 2. The maximum atomic E-state index is 12.6. The zero-order chi connectivity index (χ0) is 14.5. The number of hydrogen-bond acceptors (Lipinski definition) is 3. The molecule has 0 bridgehead atoms. The van der Waals surface area contributed by atoms with Crippen LogP contribution >= 0.6 is 0 Å². The number of aryl methyl sites for hydroxylation is 2. The summed E-state index contributed by atoms with van der Waals surface area (Å²) in [6.45, 7) is 3.40. The van der Waals surface area contributed by atoms with Crippen molar-refractivity contribution < 1.29 is 4.79 Å². The topological polar surface area (TPSA) is 64.2 Å². The Balaban J connectivity index is 2.20. The summed E-state index contributed by atoms with van der Waals surface area (Å²) in [7, 11) is 1.78. The van der Waals surface area contributed by atoms with Crippen molar-refractivity contribution in [2.45, 2.75) is 13.5 Å². The minimum atomic E-state index is -0.0394. The number of nitrogens with two attached hydrogens (primary N) is 1. The molecule has 0 aliphatic rings. The van der Waals surface area contributed by atoms with Crippen LogP contribution in [0, 0.1) is 6.92 Å². The first-order valence-electron chi connectivity index (χ1n) is 6.65. The highest BCUT2D eigenvalue weighted by Gasteiger charge is 2.19. The predicted octanol–water partition coefficient (Wildman–Crippen LogP) is 1.33. The quantitative estimate of drug-likeness (QED) is 0.893. The van der Waals surface area contributed by atoms with E-state index in [0.717, 1.165) is 11.3 Å². The van der Waals surface area contributed by atoms with Gasteiger partial charge in [0.15, 0.2) is 0 Å². The van der Waals surface area contributed by atoms with Crippen molar-refractivity contribution in [3.63, 3.8) is 0 Å². The van der Waals surface area contributed by atoms with Crippen LogP contribution in [0.3, 0.4) is 0 Å². The highest BCUT2D eigenvalue weighted by molar-refractivity contribution is 5.92. The van der Waals surface area contributed by atoms with Gasteiger partial charge in [0.05, 0.1) is 5.69 Å².